The van der Waals surface area contributed by atoms with Crippen molar-refractivity contribution in [1.29, 1.82) is 0 Å². The van der Waals surface area contributed by atoms with Crippen molar-refractivity contribution in [3.63, 3.8) is 0 Å². The average Bonchev–Trinajstić information content (AvgIpc) is 3.05. The molecule has 1 aliphatic rings. The van der Waals surface area contributed by atoms with Crippen LogP contribution in [0, 0.1) is 17.0 Å². The molecule has 1 aliphatic heterocycles. The smallest absolute Gasteiger partial charge is 0.269 e. The first-order chi connectivity index (χ1) is 16.0. The van der Waals surface area contributed by atoms with E-state index in [1.54, 1.807) is 11.8 Å². The second kappa shape index (κ2) is 8.35. The number of fused-ring (bicyclic) bond motifs is 2. The van der Waals surface area contributed by atoms with E-state index in [4.69, 9.17) is 4.74 Å². The first-order valence-electron chi connectivity index (χ1n) is 10.6. The van der Waals surface area contributed by atoms with Crippen molar-refractivity contribution in [3.8, 4) is 16.9 Å². The van der Waals surface area contributed by atoms with Gasteiger partial charge in [0, 0.05) is 47.0 Å². The number of non-ortho nitro benzene ring substituents is 1. The highest BCUT2D eigenvalue weighted by Crippen LogP contribution is 2.31. The second-order valence-electron chi connectivity index (χ2n) is 8.07. The molecule has 0 bridgehead atoms. The van der Waals surface area contributed by atoms with Gasteiger partial charge in [0.05, 0.1) is 17.0 Å². The summed E-state index contributed by atoms with van der Waals surface area (Å²) in [5.74, 6) is 0.583. The van der Waals surface area contributed by atoms with E-state index in [-0.39, 0.29) is 11.6 Å². The number of pyridine rings is 1. The molecule has 0 spiro atoms. The predicted molar refractivity (Wildman–Crippen MR) is 125 cm³/mol. The number of amides is 1. The zero-order valence-corrected chi connectivity index (χ0v) is 18.0. The highest BCUT2D eigenvalue weighted by atomic mass is 16.6. The molecule has 0 N–H and O–H groups in total. The summed E-state index contributed by atoms with van der Waals surface area (Å²) in [5, 5.41) is 12.1. The summed E-state index contributed by atoms with van der Waals surface area (Å²) < 4.78 is 5.91. The van der Waals surface area contributed by atoms with Crippen LogP contribution in [0.15, 0.2) is 72.9 Å². The van der Waals surface area contributed by atoms with Crippen molar-refractivity contribution in [2.75, 3.05) is 13.2 Å². The molecule has 0 saturated heterocycles. The normalized spacial score (nSPS) is 13.2. The van der Waals surface area contributed by atoms with Gasteiger partial charge in [0.2, 0.25) is 0 Å². The zero-order valence-electron chi connectivity index (χ0n) is 18.0. The molecule has 1 aromatic heterocycles. The molecule has 0 radical (unpaired) electrons. The van der Waals surface area contributed by atoms with Crippen LogP contribution in [0.25, 0.3) is 22.0 Å². The minimum absolute atomic E-state index is 0.0257. The number of ether oxygens (including phenoxy) is 1. The monoisotopic (exact) mass is 439 g/mol. The van der Waals surface area contributed by atoms with E-state index in [2.05, 4.69) is 11.1 Å². The maximum absolute atomic E-state index is 13.3. The van der Waals surface area contributed by atoms with Crippen LogP contribution >= 0.6 is 0 Å². The molecule has 0 saturated carbocycles. The van der Waals surface area contributed by atoms with Gasteiger partial charge < -0.3 is 9.64 Å². The highest BCUT2D eigenvalue weighted by molar-refractivity contribution is 5.96. The summed E-state index contributed by atoms with van der Waals surface area (Å²) in [6, 6.07) is 20.4. The van der Waals surface area contributed by atoms with Crippen molar-refractivity contribution in [3.05, 3.63) is 99.7 Å². The van der Waals surface area contributed by atoms with Crippen LogP contribution in [0.5, 0.6) is 5.75 Å². The van der Waals surface area contributed by atoms with Gasteiger partial charge in [0.1, 0.15) is 12.4 Å². The lowest BCUT2D eigenvalue weighted by atomic mass is 10.0. The third kappa shape index (κ3) is 4.01. The maximum atomic E-state index is 13.3. The lowest BCUT2D eigenvalue weighted by Gasteiger charge is -2.21. The summed E-state index contributed by atoms with van der Waals surface area (Å²) in [6.07, 6.45) is 1.85. The van der Waals surface area contributed by atoms with Crippen LogP contribution in [0.3, 0.4) is 0 Å². The van der Waals surface area contributed by atoms with Gasteiger partial charge in [-0.05, 0) is 48.4 Å². The molecule has 5 rings (SSSR count). The van der Waals surface area contributed by atoms with E-state index in [1.165, 1.54) is 18.2 Å². The van der Waals surface area contributed by atoms with Gasteiger partial charge in [-0.1, -0.05) is 24.3 Å². The summed E-state index contributed by atoms with van der Waals surface area (Å²) in [7, 11) is 0. The molecule has 1 amide bonds. The Kier molecular flexibility index (Phi) is 5.22. The number of nitro groups is 1. The lowest BCUT2D eigenvalue weighted by molar-refractivity contribution is -0.384. The topological polar surface area (TPSA) is 85.6 Å². The molecule has 7 nitrogen and oxygen atoms in total. The molecule has 0 fully saturated rings. The van der Waals surface area contributed by atoms with Crippen molar-refractivity contribution in [1.82, 2.24) is 9.88 Å². The third-order valence-electron chi connectivity index (χ3n) is 5.90. The van der Waals surface area contributed by atoms with Gasteiger partial charge in [-0.2, -0.15) is 0 Å². The number of benzene rings is 3. The molecular weight excluding hydrogens is 418 g/mol. The van der Waals surface area contributed by atoms with E-state index in [1.807, 2.05) is 48.7 Å². The van der Waals surface area contributed by atoms with Gasteiger partial charge in [0.25, 0.3) is 11.6 Å². The predicted octanol–water partition coefficient (Wildman–Crippen LogP) is 5.15. The number of carbonyl (C=O) groups is 1. The summed E-state index contributed by atoms with van der Waals surface area (Å²) in [5.41, 5.74) is 4.85. The first-order valence-corrected chi connectivity index (χ1v) is 10.6. The zero-order chi connectivity index (χ0) is 22.9. The Hall–Kier alpha value is -4.26. The standard InChI is InChI=1S/C26H21N3O4/c1-17-12-22(29(31)32)7-8-23(17)26(30)28-10-11-33-25-9-6-18(13-21(25)16-28)20-14-19-4-2-3-5-24(19)27-15-20/h2-9,12-15H,10-11,16H2,1H3. The summed E-state index contributed by atoms with van der Waals surface area (Å²) in [6.45, 7) is 2.91. The Labute approximate surface area is 190 Å². The van der Waals surface area contributed by atoms with Crippen molar-refractivity contribution >= 4 is 22.5 Å². The number of carbonyl (C=O) groups excluding carboxylic acids is 1. The number of nitro benzene ring substituents is 1. The highest BCUT2D eigenvalue weighted by Gasteiger charge is 2.23. The van der Waals surface area contributed by atoms with Gasteiger partial charge in [-0.3, -0.25) is 19.9 Å². The van der Waals surface area contributed by atoms with E-state index < -0.39 is 4.92 Å². The van der Waals surface area contributed by atoms with Crippen LogP contribution in [-0.4, -0.2) is 33.9 Å². The number of hydrogen-bond donors (Lipinski definition) is 0. The fourth-order valence-corrected chi connectivity index (χ4v) is 4.15. The van der Waals surface area contributed by atoms with Crippen molar-refractivity contribution in [2.24, 2.45) is 0 Å². The molecule has 3 aromatic carbocycles. The number of rotatable bonds is 3. The molecule has 0 aliphatic carbocycles. The van der Waals surface area contributed by atoms with Crippen LogP contribution < -0.4 is 4.74 Å². The number of aryl methyl sites for hydroxylation is 1. The molecule has 4 aromatic rings. The fraction of sp³-hybridized carbons (Fsp3) is 0.154. The SMILES string of the molecule is Cc1cc([N+](=O)[O-])ccc1C(=O)N1CCOc2ccc(-c3cnc4ccccc4c3)cc2C1. The Morgan fingerprint density at radius 3 is 2.73 bits per heavy atom. The Morgan fingerprint density at radius 2 is 1.91 bits per heavy atom. The van der Waals surface area contributed by atoms with Crippen LogP contribution in [0.4, 0.5) is 5.69 Å². The molecule has 0 unspecified atom stereocenters. The van der Waals surface area contributed by atoms with Crippen LogP contribution in [0.2, 0.25) is 0 Å². The summed E-state index contributed by atoms with van der Waals surface area (Å²) in [4.78, 5) is 30.1. The fourth-order valence-electron chi connectivity index (χ4n) is 4.15. The molecule has 33 heavy (non-hydrogen) atoms. The van der Waals surface area contributed by atoms with E-state index in [0.29, 0.717) is 30.8 Å². The number of aromatic nitrogens is 1. The minimum atomic E-state index is -0.458. The molecular formula is C26H21N3O4. The Morgan fingerprint density at radius 1 is 1.06 bits per heavy atom. The largest absolute Gasteiger partial charge is 0.491 e. The number of hydrogen-bond acceptors (Lipinski definition) is 5. The minimum Gasteiger partial charge on any atom is -0.491 e. The van der Waals surface area contributed by atoms with Crippen LogP contribution in [0.1, 0.15) is 21.5 Å². The number of nitrogens with zero attached hydrogens (tertiary/aromatic N) is 3. The molecule has 7 heteroatoms. The second-order valence-corrected chi connectivity index (χ2v) is 8.07. The molecule has 0 atom stereocenters. The van der Waals surface area contributed by atoms with E-state index >= 15 is 0 Å². The molecule has 164 valence electrons. The Balaban J connectivity index is 1.45. The van der Waals surface area contributed by atoms with Crippen molar-refractivity contribution in [2.45, 2.75) is 13.5 Å². The van der Waals surface area contributed by atoms with Crippen LogP contribution in [-0.2, 0) is 6.54 Å². The maximum Gasteiger partial charge on any atom is 0.269 e. The lowest BCUT2D eigenvalue weighted by Crippen LogP contribution is -2.32. The van der Waals surface area contributed by atoms with E-state index in [9.17, 15) is 14.9 Å². The average molecular weight is 439 g/mol. The van der Waals surface area contributed by atoms with Gasteiger partial charge in [-0.25, -0.2) is 0 Å². The van der Waals surface area contributed by atoms with Gasteiger partial charge in [-0.15, -0.1) is 0 Å². The van der Waals surface area contributed by atoms with Gasteiger partial charge in [0.15, 0.2) is 0 Å². The molecule has 2 heterocycles. The van der Waals surface area contributed by atoms with Crippen molar-refractivity contribution < 1.29 is 14.5 Å². The number of para-hydroxylation sites is 1. The first kappa shape index (κ1) is 20.6. The van der Waals surface area contributed by atoms with Gasteiger partial charge >= 0.3 is 0 Å². The Bertz CT molecular complexity index is 1400. The quantitative estimate of drug-likeness (QED) is 0.325. The summed E-state index contributed by atoms with van der Waals surface area (Å²) >= 11 is 0. The van der Waals surface area contributed by atoms with E-state index in [0.717, 1.165) is 33.3 Å². The third-order valence-corrected chi connectivity index (χ3v) is 5.90.